The normalized spacial score (nSPS) is 17.6. The van der Waals surface area contributed by atoms with E-state index < -0.39 is 0 Å². The Morgan fingerprint density at radius 3 is 2.82 bits per heavy atom. The van der Waals surface area contributed by atoms with E-state index in [-0.39, 0.29) is 5.91 Å². The number of hydrogen-bond donors (Lipinski definition) is 0. The third-order valence-corrected chi connectivity index (χ3v) is 7.47. The van der Waals surface area contributed by atoms with Gasteiger partial charge in [0.25, 0.3) is 5.91 Å². The molecule has 28 heavy (non-hydrogen) atoms. The minimum atomic E-state index is 0.205. The molecule has 0 N–H and O–H groups in total. The Hall–Kier alpha value is -2.03. The van der Waals surface area contributed by atoms with E-state index >= 15 is 0 Å². The second-order valence-electron chi connectivity index (χ2n) is 7.32. The summed E-state index contributed by atoms with van der Waals surface area (Å²) in [5, 5.41) is 8.16. The molecule has 1 saturated heterocycles. The fourth-order valence-corrected chi connectivity index (χ4v) is 5.74. The summed E-state index contributed by atoms with van der Waals surface area (Å²) < 4.78 is 5.41. The molecular weight excluding hydrogens is 392 g/mol. The number of carbonyl (C=O) groups excluding carboxylic acids is 1. The minimum absolute atomic E-state index is 0.205. The van der Waals surface area contributed by atoms with Crippen LogP contribution in [0.2, 0.25) is 0 Å². The number of piperazine rings is 1. The predicted molar refractivity (Wildman–Crippen MR) is 110 cm³/mol. The molecule has 0 unspecified atom stereocenters. The summed E-state index contributed by atoms with van der Waals surface area (Å²) in [6.07, 6.45) is 4.65. The average molecular weight is 415 g/mol. The van der Waals surface area contributed by atoms with Gasteiger partial charge in [-0.25, -0.2) is 0 Å². The van der Waals surface area contributed by atoms with Crippen molar-refractivity contribution in [3.8, 4) is 10.7 Å². The van der Waals surface area contributed by atoms with Crippen molar-refractivity contribution in [3.05, 3.63) is 44.8 Å². The molecule has 0 saturated carbocycles. The second kappa shape index (κ2) is 7.77. The van der Waals surface area contributed by atoms with Crippen molar-refractivity contribution in [2.75, 3.05) is 26.2 Å². The summed E-state index contributed by atoms with van der Waals surface area (Å²) >= 11 is 3.37. The fourth-order valence-electron chi connectivity index (χ4n) is 3.97. The van der Waals surface area contributed by atoms with Gasteiger partial charge in [-0.1, -0.05) is 11.2 Å². The number of nitrogens with zero attached hydrogens (tertiary/aromatic N) is 4. The summed E-state index contributed by atoms with van der Waals surface area (Å²) in [7, 11) is 0. The van der Waals surface area contributed by atoms with Gasteiger partial charge in [0, 0.05) is 36.4 Å². The van der Waals surface area contributed by atoms with E-state index in [1.54, 1.807) is 22.7 Å². The molecule has 2 aliphatic rings. The van der Waals surface area contributed by atoms with Crippen molar-refractivity contribution < 1.29 is 9.32 Å². The first-order valence-electron chi connectivity index (χ1n) is 9.75. The Balaban J connectivity index is 1.19. The zero-order valence-electron chi connectivity index (χ0n) is 15.6. The Morgan fingerprint density at radius 1 is 1.14 bits per heavy atom. The van der Waals surface area contributed by atoms with E-state index in [9.17, 15) is 4.79 Å². The first-order valence-corrected chi connectivity index (χ1v) is 11.5. The Morgan fingerprint density at radius 2 is 2.00 bits per heavy atom. The van der Waals surface area contributed by atoms with Crippen molar-refractivity contribution in [2.45, 2.75) is 32.2 Å². The van der Waals surface area contributed by atoms with Crippen LogP contribution in [-0.2, 0) is 19.4 Å². The van der Waals surface area contributed by atoms with Crippen LogP contribution in [0.15, 0.2) is 27.4 Å². The van der Waals surface area contributed by atoms with Crippen LogP contribution >= 0.6 is 22.7 Å². The van der Waals surface area contributed by atoms with E-state index in [1.165, 1.54) is 23.3 Å². The molecule has 0 bridgehead atoms. The molecule has 8 heteroatoms. The molecular formula is C20H22N4O2S2. The van der Waals surface area contributed by atoms with Crippen LogP contribution in [0, 0.1) is 0 Å². The molecule has 0 radical (unpaired) electrons. The monoisotopic (exact) mass is 414 g/mol. The molecule has 0 spiro atoms. The van der Waals surface area contributed by atoms with Crippen molar-refractivity contribution in [1.82, 2.24) is 19.9 Å². The summed E-state index contributed by atoms with van der Waals surface area (Å²) in [6.45, 7) is 3.78. The zero-order valence-corrected chi connectivity index (χ0v) is 17.2. The van der Waals surface area contributed by atoms with Gasteiger partial charge in [0.05, 0.1) is 17.0 Å². The SMILES string of the molecule is O=C(c1csc2c1CCCC2)N1CCN(Cc2nc(-c3cccs3)no2)CC1. The predicted octanol–water partition coefficient (Wildman–Crippen LogP) is 3.70. The highest BCUT2D eigenvalue weighted by Gasteiger charge is 2.27. The van der Waals surface area contributed by atoms with Gasteiger partial charge >= 0.3 is 0 Å². The molecule has 3 aromatic rings. The van der Waals surface area contributed by atoms with Crippen molar-refractivity contribution in [1.29, 1.82) is 0 Å². The van der Waals surface area contributed by atoms with Crippen LogP contribution in [0.25, 0.3) is 10.7 Å². The first kappa shape index (κ1) is 18.0. The summed E-state index contributed by atoms with van der Waals surface area (Å²) in [4.78, 5) is 24.2. The van der Waals surface area contributed by atoms with Gasteiger partial charge in [0.2, 0.25) is 11.7 Å². The third-order valence-electron chi connectivity index (χ3n) is 5.52. The summed E-state index contributed by atoms with van der Waals surface area (Å²) in [5.74, 6) is 1.49. The summed E-state index contributed by atoms with van der Waals surface area (Å²) in [6, 6.07) is 3.98. The van der Waals surface area contributed by atoms with Gasteiger partial charge in [0.15, 0.2) is 0 Å². The molecule has 146 valence electrons. The lowest BCUT2D eigenvalue weighted by atomic mass is 9.95. The molecule has 6 nitrogen and oxygen atoms in total. The molecule has 0 atom stereocenters. The average Bonchev–Trinajstić information content (AvgIpc) is 3.48. The molecule has 4 heterocycles. The standard InChI is InChI=1S/C20H22N4O2S2/c25-20(15-13-28-16-5-2-1-4-14(15)16)24-9-7-23(8-10-24)12-18-21-19(22-26-18)17-6-3-11-27-17/h3,6,11,13H,1-2,4-5,7-10,12H2. The number of aryl methyl sites for hydroxylation is 1. The molecule has 1 fully saturated rings. The quantitative estimate of drug-likeness (QED) is 0.651. The Kier molecular flexibility index (Phi) is 5.00. The number of carbonyl (C=O) groups is 1. The van der Waals surface area contributed by atoms with Gasteiger partial charge in [-0.15, -0.1) is 22.7 Å². The van der Waals surface area contributed by atoms with E-state index in [0.717, 1.165) is 49.5 Å². The van der Waals surface area contributed by atoms with Crippen molar-refractivity contribution in [2.24, 2.45) is 0 Å². The highest BCUT2D eigenvalue weighted by molar-refractivity contribution is 7.13. The lowest BCUT2D eigenvalue weighted by Crippen LogP contribution is -2.48. The smallest absolute Gasteiger partial charge is 0.255 e. The molecule has 0 aromatic carbocycles. The van der Waals surface area contributed by atoms with Gasteiger partial charge in [-0.05, 0) is 42.7 Å². The van der Waals surface area contributed by atoms with Crippen molar-refractivity contribution >= 4 is 28.6 Å². The number of rotatable bonds is 4. The summed E-state index contributed by atoms with van der Waals surface area (Å²) in [5.41, 5.74) is 2.27. The number of hydrogen-bond acceptors (Lipinski definition) is 7. The molecule has 1 aliphatic heterocycles. The first-order chi connectivity index (χ1) is 13.8. The van der Waals surface area contributed by atoms with E-state index in [0.29, 0.717) is 18.3 Å². The topological polar surface area (TPSA) is 62.5 Å². The molecule has 5 rings (SSSR count). The molecule has 1 aliphatic carbocycles. The van der Waals surface area contributed by atoms with E-state index in [1.807, 2.05) is 22.4 Å². The van der Waals surface area contributed by atoms with Crippen LogP contribution < -0.4 is 0 Å². The van der Waals surface area contributed by atoms with Gasteiger partial charge in [0.1, 0.15) is 0 Å². The van der Waals surface area contributed by atoms with E-state index in [2.05, 4.69) is 20.4 Å². The van der Waals surface area contributed by atoms with Crippen molar-refractivity contribution in [3.63, 3.8) is 0 Å². The maximum absolute atomic E-state index is 13.0. The van der Waals surface area contributed by atoms with Crippen LogP contribution in [0.3, 0.4) is 0 Å². The largest absolute Gasteiger partial charge is 0.338 e. The zero-order chi connectivity index (χ0) is 18.9. The maximum Gasteiger partial charge on any atom is 0.255 e. The van der Waals surface area contributed by atoms with Crippen LogP contribution in [0.4, 0.5) is 0 Å². The third kappa shape index (κ3) is 3.52. The maximum atomic E-state index is 13.0. The van der Waals surface area contributed by atoms with Crippen LogP contribution in [0.5, 0.6) is 0 Å². The lowest BCUT2D eigenvalue weighted by molar-refractivity contribution is 0.0614. The van der Waals surface area contributed by atoms with Crippen LogP contribution in [0.1, 0.15) is 39.5 Å². The highest BCUT2D eigenvalue weighted by Crippen LogP contribution is 2.31. The highest BCUT2D eigenvalue weighted by atomic mass is 32.1. The van der Waals surface area contributed by atoms with Crippen LogP contribution in [-0.4, -0.2) is 52.0 Å². The van der Waals surface area contributed by atoms with Gasteiger partial charge in [-0.2, -0.15) is 4.98 Å². The molecule has 1 amide bonds. The number of aromatic nitrogens is 2. The number of amides is 1. The second-order valence-corrected chi connectivity index (χ2v) is 9.23. The number of thiophene rings is 2. The van der Waals surface area contributed by atoms with Gasteiger partial charge in [-0.3, -0.25) is 9.69 Å². The Labute approximate surface area is 171 Å². The lowest BCUT2D eigenvalue weighted by Gasteiger charge is -2.34. The fraction of sp³-hybridized carbons (Fsp3) is 0.450. The minimum Gasteiger partial charge on any atom is -0.338 e. The number of fused-ring (bicyclic) bond motifs is 1. The Bertz CT molecular complexity index is 955. The molecule has 3 aromatic heterocycles. The van der Waals surface area contributed by atoms with E-state index in [4.69, 9.17) is 4.52 Å². The van der Waals surface area contributed by atoms with Gasteiger partial charge < -0.3 is 9.42 Å².